The normalized spacial score (nSPS) is 14.9. The first-order chi connectivity index (χ1) is 17.3. The maximum Gasteiger partial charge on any atom is 0.322 e. The fourth-order valence-electron chi connectivity index (χ4n) is 4.44. The number of aryl methyl sites for hydroxylation is 2. The fourth-order valence-corrected chi connectivity index (χ4v) is 5.37. The molecule has 190 valence electrons. The number of nitrogens with one attached hydrogen (secondary N) is 1. The summed E-state index contributed by atoms with van der Waals surface area (Å²) in [4.78, 5) is 31.6. The topological polar surface area (TPSA) is 61.9 Å². The van der Waals surface area contributed by atoms with Gasteiger partial charge in [-0.05, 0) is 67.5 Å². The lowest BCUT2D eigenvalue weighted by atomic mass is 10.0. The molecule has 0 radical (unpaired) electrons. The van der Waals surface area contributed by atoms with Crippen LogP contribution in [-0.4, -0.2) is 48.0 Å². The average Bonchev–Trinajstić information content (AvgIpc) is 3.33. The Kier molecular flexibility index (Phi) is 8.31. The first-order valence-electron chi connectivity index (χ1n) is 12.5. The number of hydrogen-bond acceptors (Lipinski definition) is 4. The Balaban J connectivity index is 1.48. The van der Waals surface area contributed by atoms with Crippen molar-refractivity contribution in [1.29, 1.82) is 0 Å². The predicted octanol–water partition coefficient (Wildman–Crippen LogP) is 6.06. The highest BCUT2D eigenvalue weighted by Gasteiger charge is 2.33. The third kappa shape index (κ3) is 6.46. The molecule has 0 bridgehead atoms. The zero-order valence-corrected chi connectivity index (χ0v) is 22.3. The molecule has 1 aromatic heterocycles. The molecule has 1 N–H and O–H groups in total. The van der Waals surface area contributed by atoms with Gasteiger partial charge in [0, 0.05) is 23.7 Å². The van der Waals surface area contributed by atoms with Gasteiger partial charge in [0.15, 0.2) is 0 Å². The Morgan fingerprint density at radius 1 is 1.06 bits per heavy atom. The maximum absolute atomic E-state index is 13.6. The SMILES string of the molecule is Cc1ccc(NC(=O)N(CC(=O)N2CCc3sccc3[C@@H]2COc2ccc(C)cc2)CC(C)C)cc1. The van der Waals surface area contributed by atoms with Gasteiger partial charge in [0.1, 0.15) is 18.9 Å². The predicted molar refractivity (Wildman–Crippen MR) is 146 cm³/mol. The van der Waals surface area contributed by atoms with Gasteiger partial charge in [-0.1, -0.05) is 49.2 Å². The molecule has 2 heterocycles. The molecule has 3 amide bonds. The van der Waals surface area contributed by atoms with E-state index in [-0.39, 0.29) is 30.4 Å². The number of amides is 3. The summed E-state index contributed by atoms with van der Waals surface area (Å²) >= 11 is 1.73. The number of urea groups is 1. The van der Waals surface area contributed by atoms with Crippen molar-refractivity contribution in [2.24, 2.45) is 5.92 Å². The molecular weight excluding hydrogens is 470 g/mol. The van der Waals surface area contributed by atoms with E-state index in [0.717, 1.165) is 29.0 Å². The van der Waals surface area contributed by atoms with Crippen molar-refractivity contribution >= 4 is 29.0 Å². The molecule has 3 aromatic rings. The van der Waals surface area contributed by atoms with Crippen LogP contribution in [0.4, 0.5) is 10.5 Å². The second-order valence-electron chi connectivity index (χ2n) is 9.85. The van der Waals surface area contributed by atoms with E-state index in [9.17, 15) is 9.59 Å². The summed E-state index contributed by atoms with van der Waals surface area (Å²) in [6.45, 7) is 9.65. The van der Waals surface area contributed by atoms with Crippen LogP contribution >= 0.6 is 11.3 Å². The molecule has 0 saturated heterocycles. The lowest BCUT2D eigenvalue weighted by molar-refractivity contribution is -0.135. The number of thiophene rings is 1. The van der Waals surface area contributed by atoms with Gasteiger partial charge in [-0.25, -0.2) is 4.79 Å². The Hall–Kier alpha value is -3.32. The molecule has 1 atom stereocenters. The van der Waals surface area contributed by atoms with Crippen molar-refractivity contribution < 1.29 is 14.3 Å². The van der Waals surface area contributed by atoms with Crippen LogP contribution in [-0.2, 0) is 11.2 Å². The van der Waals surface area contributed by atoms with Crippen LogP contribution in [0.3, 0.4) is 0 Å². The van der Waals surface area contributed by atoms with Crippen molar-refractivity contribution in [1.82, 2.24) is 9.80 Å². The first kappa shape index (κ1) is 25.8. The van der Waals surface area contributed by atoms with E-state index >= 15 is 0 Å². The van der Waals surface area contributed by atoms with Gasteiger partial charge in [-0.3, -0.25) is 4.79 Å². The van der Waals surface area contributed by atoms with Gasteiger partial charge in [0.2, 0.25) is 5.91 Å². The van der Waals surface area contributed by atoms with E-state index in [2.05, 4.69) is 16.8 Å². The van der Waals surface area contributed by atoms with Crippen molar-refractivity contribution in [3.05, 3.63) is 81.5 Å². The highest BCUT2D eigenvalue weighted by molar-refractivity contribution is 7.10. The summed E-state index contributed by atoms with van der Waals surface area (Å²) in [7, 11) is 0. The molecule has 0 unspecified atom stereocenters. The van der Waals surface area contributed by atoms with Crippen LogP contribution in [0.1, 0.15) is 41.5 Å². The average molecular weight is 506 g/mol. The van der Waals surface area contributed by atoms with E-state index < -0.39 is 0 Å². The number of anilines is 1. The van der Waals surface area contributed by atoms with E-state index in [1.54, 1.807) is 16.2 Å². The fraction of sp³-hybridized carbons (Fsp3) is 0.379. The van der Waals surface area contributed by atoms with Gasteiger partial charge < -0.3 is 19.9 Å². The summed E-state index contributed by atoms with van der Waals surface area (Å²) < 4.78 is 6.13. The molecule has 6 nitrogen and oxygen atoms in total. The minimum Gasteiger partial charge on any atom is -0.491 e. The van der Waals surface area contributed by atoms with Crippen molar-refractivity contribution in [2.45, 2.75) is 40.2 Å². The van der Waals surface area contributed by atoms with Crippen LogP contribution in [0.5, 0.6) is 5.75 Å². The smallest absolute Gasteiger partial charge is 0.322 e. The van der Waals surface area contributed by atoms with Crippen LogP contribution in [0, 0.1) is 19.8 Å². The number of ether oxygens (including phenoxy) is 1. The number of rotatable bonds is 8. The number of carbonyl (C=O) groups excluding carboxylic acids is 2. The quantitative estimate of drug-likeness (QED) is 0.405. The van der Waals surface area contributed by atoms with Crippen molar-refractivity contribution in [3.8, 4) is 5.75 Å². The van der Waals surface area contributed by atoms with Gasteiger partial charge >= 0.3 is 6.03 Å². The molecular formula is C29H35N3O3S. The van der Waals surface area contributed by atoms with Crippen molar-refractivity contribution in [3.63, 3.8) is 0 Å². The molecule has 0 spiro atoms. The van der Waals surface area contributed by atoms with E-state index in [0.29, 0.717) is 19.7 Å². The van der Waals surface area contributed by atoms with Gasteiger partial charge in [0.25, 0.3) is 0 Å². The Labute approximate surface area is 217 Å². The summed E-state index contributed by atoms with van der Waals surface area (Å²) in [6.07, 6.45) is 0.819. The van der Waals surface area contributed by atoms with Gasteiger partial charge in [0.05, 0.1) is 6.04 Å². The van der Waals surface area contributed by atoms with E-state index in [1.807, 2.05) is 81.1 Å². The number of carbonyl (C=O) groups is 2. The minimum atomic E-state index is -0.262. The molecule has 1 aliphatic rings. The second kappa shape index (κ2) is 11.6. The van der Waals surface area contributed by atoms with Crippen LogP contribution in [0.25, 0.3) is 0 Å². The molecule has 0 saturated carbocycles. The Morgan fingerprint density at radius 3 is 2.39 bits per heavy atom. The standard InChI is InChI=1S/C29H35N3O3S/c1-20(2)17-31(29(34)30-23-9-5-21(3)6-10-23)18-28(33)32-15-13-27-25(14-16-36-27)26(32)19-35-24-11-7-22(4)8-12-24/h5-12,14,16,20,26H,13,15,17-19H2,1-4H3,(H,30,34)/t26-/m0/s1. The number of benzene rings is 2. The molecule has 2 aromatic carbocycles. The molecule has 0 fully saturated rings. The highest BCUT2D eigenvalue weighted by Crippen LogP contribution is 2.34. The second-order valence-corrected chi connectivity index (χ2v) is 10.8. The zero-order valence-electron chi connectivity index (χ0n) is 21.5. The summed E-state index contributed by atoms with van der Waals surface area (Å²) in [5.41, 5.74) is 4.16. The molecule has 4 rings (SSSR count). The lowest BCUT2D eigenvalue weighted by Gasteiger charge is -2.37. The number of hydrogen-bond donors (Lipinski definition) is 1. The van der Waals surface area contributed by atoms with Crippen LogP contribution < -0.4 is 10.1 Å². The largest absolute Gasteiger partial charge is 0.491 e. The van der Waals surface area contributed by atoms with Crippen LogP contribution in [0.2, 0.25) is 0 Å². The highest BCUT2D eigenvalue weighted by atomic mass is 32.1. The van der Waals surface area contributed by atoms with Crippen LogP contribution in [0.15, 0.2) is 60.0 Å². The molecule has 36 heavy (non-hydrogen) atoms. The van der Waals surface area contributed by atoms with Gasteiger partial charge in [-0.2, -0.15) is 0 Å². The maximum atomic E-state index is 13.6. The summed E-state index contributed by atoms with van der Waals surface area (Å²) in [5, 5.41) is 5.03. The number of fused-ring (bicyclic) bond motifs is 1. The first-order valence-corrected chi connectivity index (χ1v) is 13.4. The van der Waals surface area contributed by atoms with Gasteiger partial charge in [-0.15, -0.1) is 11.3 Å². The Morgan fingerprint density at radius 2 is 1.72 bits per heavy atom. The van der Waals surface area contributed by atoms with Crippen molar-refractivity contribution in [2.75, 3.05) is 31.6 Å². The third-order valence-corrected chi connectivity index (χ3v) is 7.34. The van der Waals surface area contributed by atoms with E-state index in [4.69, 9.17) is 4.74 Å². The zero-order chi connectivity index (χ0) is 25.7. The summed E-state index contributed by atoms with van der Waals surface area (Å²) in [5.74, 6) is 0.949. The molecule has 1 aliphatic heterocycles. The minimum absolute atomic E-state index is 0.0242. The monoisotopic (exact) mass is 505 g/mol. The molecule has 7 heteroatoms. The lowest BCUT2D eigenvalue weighted by Crippen LogP contribution is -2.49. The third-order valence-electron chi connectivity index (χ3n) is 6.35. The Bertz CT molecular complexity index is 1170. The molecule has 0 aliphatic carbocycles. The summed E-state index contributed by atoms with van der Waals surface area (Å²) in [6, 6.07) is 17.3. The van der Waals surface area contributed by atoms with E-state index in [1.165, 1.54) is 10.4 Å². The number of nitrogens with zero attached hydrogens (tertiary/aromatic N) is 2.